The number of nitrogens with zero attached hydrogens (tertiary/aromatic N) is 6. The van der Waals surface area contributed by atoms with E-state index in [1.54, 1.807) is 0 Å². The van der Waals surface area contributed by atoms with Crippen LogP contribution in [-0.2, 0) is 10.8 Å². The highest BCUT2D eigenvalue weighted by Gasteiger charge is 2.39. The molecule has 0 unspecified atom stereocenters. The minimum Gasteiger partial charge on any atom is -0.294 e. The molecular weight excluding hydrogens is 817 g/mol. The topological polar surface area (TPSA) is 72.3 Å². The van der Waals surface area contributed by atoms with Crippen molar-refractivity contribution in [2.24, 2.45) is 0 Å². The maximum absolute atomic E-state index is 10.1. The molecule has 67 heavy (non-hydrogen) atoms. The number of nitriles is 1. The van der Waals surface area contributed by atoms with Crippen LogP contribution >= 0.6 is 0 Å². The lowest BCUT2D eigenvalue weighted by atomic mass is 9.65. The van der Waals surface area contributed by atoms with Crippen molar-refractivity contribution in [1.82, 2.24) is 24.3 Å². The molecule has 0 radical (unpaired) electrons. The van der Waals surface area contributed by atoms with Gasteiger partial charge in [0.2, 0.25) is 0 Å². The van der Waals surface area contributed by atoms with Gasteiger partial charge in [0.05, 0.1) is 33.8 Å². The Hall–Kier alpha value is -8.66. The number of fused-ring (bicyclic) bond motifs is 3. The van der Waals surface area contributed by atoms with E-state index in [1.165, 1.54) is 5.56 Å². The summed E-state index contributed by atoms with van der Waals surface area (Å²) in [6.45, 7) is 6.68. The molecule has 6 heteroatoms. The first-order chi connectivity index (χ1) is 32.8. The average Bonchev–Trinajstić information content (AvgIpc) is 4.00. The summed E-state index contributed by atoms with van der Waals surface area (Å²) in [6, 6.07) is 77.4. The van der Waals surface area contributed by atoms with Crippen molar-refractivity contribution in [3.05, 3.63) is 258 Å². The molecule has 0 saturated heterocycles. The predicted molar refractivity (Wildman–Crippen MR) is 272 cm³/mol. The van der Waals surface area contributed by atoms with Crippen LogP contribution in [-0.4, -0.2) is 24.3 Å². The van der Waals surface area contributed by atoms with E-state index in [4.69, 9.17) is 10.1 Å². The van der Waals surface area contributed by atoms with Crippen LogP contribution in [0.1, 0.15) is 54.2 Å². The molecular formula is C61H46N6. The SMILES string of the molecule is CC(C)(C)c1ccnc(-n2c3ccc(C#N)cc3c3ccc(C(c4ccccc4)(c4ccccc4)c4cccc(-c5nncn5-c5c(-c6ccccc6)cccc5-c5ccccc5)c4)cc32)c1. The highest BCUT2D eigenvalue weighted by atomic mass is 15.3. The Morgan fingerprint density at radius 2 is 1.06 bits per heavy atom. The minimum atomic E-state index is -0.811. The van der Waals surface area contributed by atoms with Gasteiger partial charge in [-0.2, -0.15) is 5.26 Å². The highest BCUT2D eigenvalue weighted by Crippen LogP contribution is 2.48. The Morgan fingerprint density at radius 1 is 0.478 bits per heavy atom. The van der Waals surface area contributed by atoms with Gasteiger partial charge in [-0.15, -0.1) is 10.2 Å². The van der Waals surface area contributed by atoms with Gasteiger partial charge in [0.1, 0.15) is 12.1 Å². The van der Waals surface area contributed by atoms with Crippen LogP contribution in [0.15, 0.2) is 225 Å². The van der Waals surface area contributed by atoms with Gasteiger partial charge in [-0.3, -0.25) is 9.13 Å². The predicted octanol–water partition coefficient (Wildman–Crippen LogP) is 14.3. The maximum Gasteiger partial charge on any atom is 0.168 e. The molecule has 0 aliphatic heterocycles. The average molecular weight is 863 g/mol. The first-order valence-electron chi connectivity index (χ1n) is 22.6. The van der Waals surface area contributed by atoms with Crippen molar-refractivity contribution in [3.63, 3.8) is 0 Å². The first-order valence-corrected chi connectivity index (χ1v) is 22.6. The van der Waals surface area contributed by atoms with E-state index in [-0.39, 0.29) is 5.41 Å². The number of aromatic nitrogens is 5. The first kappa shape index (κ1) is 41.1. The van der Waals surface area contributed by atoms with Gasteiger partial charge in [-0.1, -0.05) is 191 Å². The molecule has 0 amide bonds. The molecule has 0 spiro atoms. The van der Waals surface area contributed by atoms with Crippen molar-refractivity contribution >= 4 is 21.8 Å². The monoisotopic (exact) mass is 862 g/mol. The second-order valence-electron chi connectivity index (χ2n) is 18.1. The Kier molecular flexibility index (Phi) is 10.2. The molecule has 0 bridgehead atoms. The second kappa shape index (κ2) is 16.7. The molecule has 11 aromatic rings. The number of hydrogen-bond donors (Lipinski definition) is 0. The van der Waals surface area contributed by atoms with Crippen LogP contribution in [0.4, 0.5) is 0 Å². The molecule has 0 atom stereocenters. The zero-order valence-electron chi connectivity index (χ0n) is 37.5. The molecule has 3 aromatic heterocycles. The van der Waals surface area contributed by atoms with E-state index in [0.29, 0.717) is 5.56 Å². The fraction of sp³-hybridized carbons (Fsp3) is 0.0820. The number of benzene rings is 8. The summed E-state index contributed by atoms with van der Waals surface area (Å²) in [6.07, 6.45) is 3.75. The Balaban J connectivity index is 1.18. The van der Waals surface area contributed by atoms with Crippen molar-refractivity contribution in [1.29, 1.82) is 5.26 Å². The van der Waals surface area contributed by atoms with Crippen LogP contribution < -0.4 is 0 Å². The number of pyridine rings is 1. The molecule has 8 aromatic carbocycles. The fourth-order valence-corrected chi connectivity index (χ4v) is 9.95. The van der Waals surface area contributed by atoms with Gasteiger partial charge < -0.3 is 0 Å². The highest BCUT2D eigenvalue weighted by molar-refractivity contribution is 6.10. The molecule has 0 aliphatic rings. The molecule has 0 fully saturated rings. The molecule has 0 saturated carbocycles. The van der Waals surface area contributed by atoms with Gasteiger partial charge in [-0.25, -0.2) is 4.98 Å². The summed E-state index contributed by atoms with van der Waals surface area (Å²) in [5, 5.41) is 21.6. The van der Waals surface area contributed by atoms with Crippen LogP contribution in [0, 0.1) is 11.3 Å². The Bertz CT molecular complexity index is 3520. The van der Waals surface area contributed by atoms with Crippen LogP contribution in [0.3, 0.4) is 0 Å². The number of hydrogen-bond acceptors (Lipinski definition) is 4. The largest absolute Gasteiger partial charge is 0.294 e. The Labute approximate surface area is 390 Å². The van der Waals surface area contributed by atoms with E-state index in [9.17, 15) is 5.26 Å². The third-order valence-electron chi connectivity index (χ3n) is 13.1. The third kappa shape index (κ3) is 7.09. The van der Waals surface area contributed by atoms with Gasteiger partial charge in [0.25, 0.3) is 0 Å². The van der Waals surface area contributed by atoms with Gasteiger partial charge in [0, 0.05) is 33.7 Å². The molecule has 11 rings (SSSR count). The van der Waals surface area contributed by atoms with Crippen molar-refractivity contribution in [2.75, 3.05) is 0 Å². The van der Waals surface area contributed by atoms with E-state index in [2.05, 4.69) is 241 Å². The summed E-state index contributed by atoms with van der Waals surface area (Å²) in [5.41, 5.74) is 13.6. The molecule has 320 valence electrons. The summed E-state index contributed by atoms with van der Waals surface area (Å²) in [7, 11) is 0. The quantitative estimate of drug-likeness (QED) is 0.136. The van der Waals surface area contributed by atoms with Crippen molar-refractivity contribution < 1.29 is 0 Å². The molecule has 0 aliphatic carbocycles. The van der Waals surface area contributed by atoms with Gasteiger partial charge >= 0.3 is 0 Å². The minimum absolute atomic E-state index is 0.0899. The van der Waals surface area contributed by atoms with E-state index < -0.39 is 5.41 Å². The summed E-state index contributed by atoms with van der Waals surface area (Å²) < 4.78 is 4.41. The summed E-state index contributed by atoms with van der Waals surface area (Å²) in [4.78, 5) is 5.01. The summed E-state index contributed by atoms with van der Waals surface area (Å²) >= 11 is 0. The second-order valence-corrected chi connectivity index (χ2v) is 18.1. The van der Waals surface area contributed by atoms with Crippen molar-refractivity contribution in [2.45, 2.75) is 31.6 Å². The Morgan fingerprint density at radius 3 is 1.69 bits per heavy atom. The van der Waals surface area contributed by atoms with Gasteiger partial charge in [-0.05, 0) is 86.8 Å². The van der Waals surface area contributed by atoms with Crippen LogP contribution in [0.5, 0.6) is 0 Å². The number of rotatable bonds is 9. The zero-order valence-corrected chi connectivity index (χ0v) is 37.5. The number of para-hydroxylation sites is 1. The molecule has 6 nitrogen and oxygen atoms in total. The third-order valence-corrected chi connectivity index (χ3v) is 13.1. The zero-order chi connectivity index (χ0) is 45.5. The molecule has 3 heterocycles. The molecule has 0 N–H and O–H groups in total. The fourth-order valence-electron chi connectivity index (χ4n) is 9.95. The lowest BCUT2D eigenvalue weighted by Crippen LogP contribution is -2.31. The van der Waals surface area contributed by atoms with E-state index in [1.807, 2.05) is 24.7 Å². The van der Waals surface area contributed by atoms with Gasteiger partial charge in [0.15, 0.2) is 5.82 Å². The standard InChI is InChI=1S/C61H46N6/c1-60(2,3)48-34-35-63-57(39-48)67-55-33-30-42(40-62)36-54(55)53-32-31-50(38-56(53)67)61(46-23-12-6-13-24-46,47-25-14-7-15-26-47)49-27-16-22-45(37-49)59-65-64-41-66(59)58-51(43-18-8-4-9-19-43)28-17-29-52(58)44-20-10-5-11-21-44/h4-39,41H,1-3H3. The maximum atomic E-state index is 10.1. The summed E-state index contributed by atoms with van der Waals surface area (Å²) in [5.74, 6) is 1.55. The normalized spacial score (nSPS) is 11.8. The van der Waals surface area contributed by atoms with Crippen molar-refractivity contribution in [3.8, 4) is 51.2 Å². The van der Waals surface area contributed by atoms with E-state index >= 15 is 0 Å². The van der Waals surface area contributed by atoms with Crippen LogP contribution in [0.25, 0.3) is 67.0 Å². The lowest BCUT2D eigenvalue weighted by molar-refractivity contribution is 0.588. The lowest BCUT2D eigenvalue weighted by Gasteiger charge is -2.37. The smallest absolute Gasteiger partial charge is 0.168 e. The van der Waals surface area contributed by atoms with Crippen LogP contribution in [0.2, 0.25) is 0 Å². The van der Waals surface area contributed by atoms with E-state index in [0.717, 1.165) is 89.2 Å².